The van der Waals surface area contributed by atoms with E-state index in [9.17, 15) is 18.0 Å². The standard InChI is InChI=1S/C21H23ClN2O5S/c1-14(25)16-4-3-5-18(12-16)30(27,28)24-10-8-15(9-11-24)21(26)23-19-13-17(22)6-7-20(19)29-2/h3-7,12-13,15H,8-11H2,1-2H3,(H,23,26). The Kier molecular flexibility index (Phi) is 6.80. The summed E-state index contributed by atoms with van der Waals surface area (Å²) in [5.74, 6) is -0.230. The molecular formula is C21H23ClN2O5S. The van der Waals surface area contributed by atoms with E-state index in [0.717, 1.165) is 0 Å². The number of anilines is 1. The zero-order chi connectivity index (χ0) is 21.9. The van der Waals surface area contributed by atoms with E-state index in [1.165, 1.54) is 30.5 Å². The summed E-state index contributed by atoms with van der Waals surface area (Å²) >= 11 is 6.00. The fraction of sp³-hybridized carbons (Fsp3) is 0.333. The first-order valence-corrected chi connectivity index (χ1v) is 11.3. The minimum atomic E-state index is -3.73. The van der Waals surface area contributed by atoms with Gasteiger partial charge in [0.25, 0.3) is 0 Å². The summed E-state index contributed by atoms with van der Waals surface area (Å²) in [6.45, 7) is 1.83. The molecular weight excluding hydrogens is 428 g/mol. The molecule has 9 heteroatoms. The number of Topliss-reactive ketones (excluding diaryl/α,β-unsaturated/α-hetero) is 1. The number of ether oxygens (including phenoxy) is 1. The molecule has 0 aromatic heterocycles. The lowest BCUT2D eigenvalue weighted by Gasteiger charge is -2.30. The lowest BCUT2D eigenvalue weighted by atomic mass is 9.97. The number of hydrogen-bond acceptors (Lipinski definition) is 5. The Labute approximate surface area is 181 Å². The maximum atomic E-state index is 12.9. The molecule has 3 rings (SSSR count). The van der Waals surface area contributed by atoms with Crippen LogP contribution in [0.1, 0.15) is 30.1 Å². The molecule has 7 nitrogen and oxygen atoms in total. The molecule has 0 bridgehead atoms. The molecule has 2 aromatic carbocycles. The van der Waals surface area contributed by atoms with Crippen LogP contribution in [-0.4, -0.2) is 44.6 Å². The van der Waals surface area contributed by atoms with Crippen LogP contribution in [0.25, 0.3) is 0 Å². The number of carbonyl (C=O) groups is 2. The quantitative estimate of drug-likeness (QED) is 0.679. The van der Waals surface area contributed by atoms with Gasteiger partial charge in [-0.15, -0.1) is 0 Å². The number of rotatable bonds is 6. The lowest BCUT2D eigenvalue weighted by molar-refractivity contribution is -0.120. The van der Waals surface area contributed by atoms with Crippen LogP contribution in [0.2, 0.25) is 5.02 Å². The Balaban J connectivity index is 1.67. The van der Waals surface area contributed by atoms with Crippen molar-refractivity contribution in [2.75, 3.05) is 25.5 Å². The minimum absolute atomic E-state index is 0.0850. The number of sulfonamides is 1. The third kappa shape index (κ3) is 4.83. The van der Waals surface area contributed by atoms with Gasteiger partial charge in [0, 0.05) is 29.6 Å². The van der Waals surface area contributed by atoms with Gasteiger partial charge in [-0.1, -0.05) is 23.7 Å². The predicted molar refractivity (Wildman–Crippen MR) is 115 cm³/mol. The average molecular weight is 451 g/mol. The highest BCUT2D eigenvalue weighted by atomic mass is 35.5. The van der Waals surface area contributed by atoms with Gasteiger partial charge in [-0.2, -0.15) is 4.31 Å². The first-order valence-electron chi connectivity index (χ1n) is 9.48. The first kappa shape index (κ1) is 22.3. The minimum Gasteiger partial charge on any atom is -0.495 e. The summed E-state index contributed by atoms with van der Waals surface area (Å²) in [6.07, 6.45) is 0.778. The van der Waals surface area contributed by atoms with Crippen molar-refractivity contribution in [1.82, 2.24) is 4.31 Å². The largest absolute Gasteiger partial charge is 0.495 e. The van der Waals surface area contributed by atoms with Gasteiger partial charge in [-0.05, 0) is 50.1 Å². The van der Waals surface area contributed by atoms with Crippen molar-refractivity contribution < 1.29 is 22.7 Å². The molecule has 1 saturated heterocycles. The topological polar surface area (TPSA) is 92.8 Å². The molecule has 1 heterocycles. The normalized spacial score (nSPS) is 15.6. The van der Waals surface area contributed by atoms with E-state index in [1.807, 2.05) is 0 Å². The Bertz CT molecular complexity index is 1060. The van der Waals surface area contributed by atoms with E-state index in [1.54, 1.807) is 30.3 Å². The maximum Gasteiger partial charge on any atom is 0.243 e. The summed E-state index contributed by atoms with van der Waals surface area (Å²) in [5, 5.41) is 3.30. The van der Waals surface area contributed by atoms with Crippen molar-refractivity contribution in [3.05, 3.63) is 53.1 Å². The molecule has 1 N–H and O–H groups in total. The Morgan fingerprint density at radius 3 is 2.47 bits per heavy atom. The van der Waals surface area contributed by atoms with Crippen molar-refractivity contribution in [3.8, 4) is 5.75 Å². The molecule has 160 valence electrons. The van der Waals surface area contributed by atoms with Gasteiger partial charge in [0.2, 0.25) is 15.9 Å². The number of nitrogens with one attached hydrogen (secondary N) is 1. The molecule has 30 heavy (non-hydrogen) atoms. The number of halogens is 1. The molecule has 1 amide bonds. The van der Waals surface area contributed by atoms with Crippen LogP contribution in [-0.2, 0) is 14.8 Å². The molecule has 0 aliphatic carbocycles. The third-order valence-electron chi connectivity index (χ3n) is 5.12. The van der Waals surface area contributed by atoms with E-state index in [0.29, 0.717) is 34.9 Å². The van der Waals surface area contributed by atoms with Crippen LogP contribution in [0.5, 0.6) is 5.75 Å². The zero-order valence-electron chi connectivity index (χ0n) is 16.7. The Morgan fingerprint density at radius 2 is 1.83 bits per heavy atom. The molecule has 2 aromatic rings. The Hall–Kier alpha value is -2.42. The number of methoxy groups -OCH3 is 1. The van der Waals surface area contributed by atoms with E-state index < -0.39 is 10.0 Å². The number of ketones is 1. The molecule has 0 radical (unpaired) electrons. The molecule has 0 saturated carbocycles. The second-order valence-corrected chi connectivity index (χ2v) is 9.47. The van der Waals surface area contributed by atoms with Gasteiger partial charge >= 0.3 is 0 Å². The molecule has 0 spiro atoms. The van der Waals surface area contributed by atoms with Crippen LogP contribution >= 0.6 is 11.6 Å². The van der Waals surface area contributed by atoms with E-state index in [2.05, 4.69) is 5.32 Å². The third-order valence-corrected chi connectivity index (χ3v) is 7.25. The van der Waals surface area contributed by atoms with Crippen LogP contribution in [0.3, 0.4) is 0 Å². The number of benzene rings is 2. The first-order chi connectivity index (χ1) is 14.2. The Morgan fingerprint density at radius 1 is 1.13 bits per heavy atom. The summed E-state index contributed by atoms with van der Waals surface area (Å²) in [4.78, 5) is 24.3. The van der Waals surface area contributed by atoms with Crippen LogP contribution in [0.4, 0.5) is 5.69 Å². The number of carbonyl (C=O) groups excluding carboxylic acids is 2. The molecule has 1 aliphatic rings. The van der Waals surface area contributed by atoms with E-state index in [4.69, 9.17) is 16.3 Å². The van der Waals surface area contributed by atoms with Crippen molar-refractivity contribution in [1.29, 1.82) is 0 Å². The molecule has 0 unspecified atom stereocenters. The summed E-state index contributed by atoms with van der Waals surface area (Å²) in [5.41, 5.74) is 0.826. The van der Waals surface area contributed by atoms with E-state index >= 15 is 0 Å². The van der Waals surface area contributed by atoms with Crippen LogP contribution < -0.4 is 10.1 Å². The fourth-order valence-electron chi connectivity index (χ4n) is 3.40. The fourth-order valence-corrected chi connectivity index (χ4v) is 5.08. The van der Waals surface area contributed by atoms with Gasteiger partial charge in [0.15, 0.2) is 5.78 Å². The number of nitrogens with zero attached hydrogens (tertiary/aromatic N) is 1. The summed E-state index contributed by atoms with van der Waals surface area (Å²) in [7, 11) is -2.23. The number of amides is 1. The maximum absolute atomic E-state index is 12.9. The number of piperidine rings is 1. The van der Waals surface area contributed by atoms with Gasteiger partial charge < -0.3 is 10.1 Å². The van der Waals surface area contributed by atoms with Crippen molar-refractivity contribution >= 4 is 39.0 Å². The average Bonchev–Trinajstić information content (AvgIpc) is 2.74. The van der Waals surface area contributed by atoms with Crippen molar-refractivity contribution in [3.63, 3.8) is 0 Å². The zero-order valence-corrected chi connectivity index (χ0v) is 18.3. The highest BCUT2D eigenvalue weighted by Gasteiger charge is 2.32. The summed E-state index contributed by atoms with van der Waals surface area (Å²) in [6, 6.07) is 11.0. The highest BCUT2D eigenvalue weighted by Crippen LogP contribution is 2.30. The smallest absolute Gasteiger partial charge is 0.243 e. The molecule has 0 atom stereocenters. The highest BCUT2D eigenvalue weighted by molar-refractivity contribution is 7.89. The SMILES string of the molecule is COc1ccc(Cl)cc1NC(=O)C1CCN(S(=O)(=O)c2cccc(C(C)=O)c2)CC1. The lowest BCUT2D eigenvalue weighted by Crippen LogP contribution is -2.41. The van der Waals surface area contributed by atoms with Gasteiger partial charge in [0.1, 0.15) is 5.75 Å². The van der Waals surface area contributed by atoms with Crippen LogP contribution in [0.15, 0.2) is 47.4 Å². The predicted octanol–water partition coefficient (Wildman–Crippen LogP) is 3.59. The van der Waals surface area contributed by atoms with Gasteiger partial charge in [-0.3, -0.25) is 9.59 Å². The van der Waals surface area contributed by atoms with Gasteiger partial charge in [0.05, 0.1) is 17.7 Å². The van der Waals surface area contributed by atoms with E-state index in [-0.39, 0.29) is 35.6 Å². The van der Waals surface area contributed by atoms with Crippen molar-refractivity contribution in [2.45, 2.75) is 24.7 Å². The monoisotopic (exact) mass is 450 g/mol. The van der Waals surface area contributed by atoms with Crippen molar-refractivity contribution in [2.24, 2.45) is 5.92 Å². The van der Waals surface area contributed by atoms with Gasteiger partial charge in [-0.25, -0.2) is 8.42 Å². The second-order valence-electron chi connectivity index (χ2n) is 7.10. The molecule has 1 fully saturated rings. The molecule has 1 aliphatic heterocycles. The van der Waals surface area contributed by atoms with Crippen LogP contribution in [0, 0.1) is 5.92 Å². The number of hydrogen-bond donors (Lipinski definition) is 1. The summed E-state index contributed by atoms with van der Waals surface area (Å²) < 4.78 is 32.5. The second kappa shape index (κ2) is 9.16.